The van der Waals surface area contributed by atoms with Gasteiger partial charge < -0.3 is 0 Å². The van der Waals surface area contributed by atoms with Crippen molar-refractivity contribution in [3.63, 3.8) is 0 Å². The molecular formula is C12H23Br. The van der Waals surface area contributed by atoms with Crippen molar-refractivity contribution >= 4 is 15.9 Å². The molecule has 1 fully saturated rings. The molecule has 0 N–H and O–H groups in total. The van der Waals surface area contributed by atoms with Gasteiger partial charge in [0.2, 0.25) is 0 Å². The average molecular weight is 247 g/mol. The fraction of sp³-hybridized carbons (Fsp3) is 1.00. The van der Waals surface area contributed by atoms with Crippen molar-refractivity contribution in [2.75, 3.05) is 5.33 Å². The molecule has 1 aliphatic rings. The van der Waals surface area contributed by atoms with Crippen LogP contribution in [-0.4, -0.2) is 5.33 Å². The molecule has 0 amide bonds. The van der Waals surface area contributed by atoms with Crippen molar-refractivity contribution in [1.29, 1.82) is 0 Å². The molecule has 0 bridgehead atoms. The lowest BCUT2D eigenvalue weighted by Gasteiger charge is -2.28. The molecule has 0 aliphatic heterocycles. The van der Waals surface area contributed by atoms with Gasteiger partial charge >= 0.3 is 0 Å². The second-order valence-corrected chi connectivity index (χ2v) is 5.30. The van der Waals surface area contributed by atoms with E-state index < -0.39 is 0 Å². The topological polar surface area (TPSA) is 0 Å². The largest absolute Gasteiger partial charge is 0.0928 e. The van der Waals surface area contributed by atoms with Gasteiger partial charge in [-0.1, -0.05) is 61.4 Å². The Bertz CT molecular complexity index is 114. The summed E-state index contributed by atoms with van der Waals surface area (Å²) in [7, 11) is 0. The number of hydrogen-bond acceptors (Lipinski definition) is 0. The molecule has 0 heterocycles. The Morgan fingerprint density at radius 3 is 2.00 bits per heavy atom. The molecule has 0 atom stereocenters. The number of halogens is 1. The fourth-order valence-electron chi connectivity index (χ4n) is 2.58. The van der Waals surface area contributed by atoms with Gasteiger partial charge in [-0.05, 0) is 24.7 Å². The van der Waals surface area contributed by atoms with E-state index in [4.69, 9.17) is 0 Å². The summed E-state index contributed by atoms with van der Waals surface area (Å²) in [6, 6.07) is 0. The molecule has 0 aromatic rings. The third kappa shape index (κ3) is 4.49. The van der Waals surface area contributed by atoms with Crippen LogP contribution in [0.15, 0.2) is 0 Å². The molecular weight excluding hydrogens is 224 g/mol. The normalized spacial score (nSPS) is 29.1. The van der Waals surface area contributed by atoms with E-state index in [1.54, 1.807) is 0 Å². The minimum atomic E-state index is 1.06. The van der Waals surface area contributed by atoms with Crippen LogP contribution in [0.4, 0.5) is 0 Å². The van der Waals surface area contributed by atoms with E-state index in [1.807, 2.05) is 0 Å². The first kappa shape index (κ1) is 11.6. The fourth-order valence-corrected chi connectivity index (χ4v) is 2.91. The Morgan fingerprint density at radius 1 is 1.00 bits per heavy atom. The first-order chi connectivity index (χ1) is 6.36. The van der Waals surface area contributed by atoms with Crippen LogP contribution >= 0.6 is 15.9 Å². The highest BCUT2D eigenvalue weighted by atomic mass is 79.9. The van der Waals surface area contributed by atoms with Gasteiger partial charge in [-0.2, -0.15) is 0 Å². The summed E-state index contributed by atoms with van der Waals surface area (Å²) in [5.74, 6) is 2.14. The third-order valence-electron chi connectivity index (χ3n) is 3.41. The Morgan fingerprint density at radius 2 is 1.54 bits per heavy atom. The molecule has 0 aromatic carbocycles. The van der Waals surface area contributed by atoms with Gasteiger partial charge in [0.05, 0.1) is 0 Å². The van der Waals surface area contributed by atoms with Gasteiger partial charge in [0.1, 0.15) is 0 Å². The monoisotopic (exact) mass is 246 g/mol. The predicted molar refractivity (Wildman–Crippen MR) is 63.4 cm³/mol. The predicted octanol–water partition coefficient (Wildman–Crippen LogP) is 4.77. The zero-order valence-corrected chi connectivity index (χ0v) is 10.5. The van der Waals surface area contributed by atoms with E-state index in [9.17, 15) is 0 Å². The lowest BCUT2D eigenvalue weighted by molar-refractivity contribution is 0.251. The molecule has 1 rings (SSSR count). The van der Waals surface area contributed by atoms with E-state index in [-0.39, 0.29) is 0 Å². The Kier molecular flexibility index (Phi) is 6.10. The summed E-state index contributed by atoms with van der Waals surface area (Å²) in [5, 5.41) is 1.20. The summed E-state index contributed by atoms with van der Waals surface area (Å²) in [4.78, 5) is 0. The van der Waals surface area contributed by atoms with E-state index in [0.29, 0.717) is 0 Å². The molecule has 0 aromatic heterocycles. The third-order valence-corrected chi connectivity index (χ3v) is 3.97. The van der Waals surface area contributed by atoms with Crippen molar-refractivity contribution in [3.05, 3.63) is 0 Å². The van der Waals surface area contributed by atoms with Crippen LogP contribution in [0.3, 0.4) is 0 Å². The maximum Gasteiger partial charge on any atom is 0.00314 e. The Hall–Kier alpha value is 0.480. The van der Waals surface area contributed by atoms with Gasteiger partial charge in [0, 0.05) is 5.33 Å². The average Bonchev–Trinajstić information content (AvgIpc) is 2.17. The zero-order valence-electron chi connectivity index (χ0n) is 8.90. The SMILES string of the molecule is CCC[C@H]1CC[C@H](CCCBr)CC1. The maximum atomic E-state index is 3.51. The molecule has 1 heteroatoms. The van der Waals surface area contributed by atoms with Gasteiger partial charge in [-0.3, -0.25) is 0 Å². The van der Waals surface area contributed by atoms with E-state index in [1.165, 1.54) is 56.7 Å². The standard InChI is InChI=1S/C12H23Br/c1-2-4-11-6-8-12(9-7-11)5-3-10-13/h11-12H,2-10H2,1H3/t11-,12-. The minimum absolute atomic E-state index is 1.06. The van der Waals surface area contributed by atoms with Gasteiger partial charge in [-0.25, -0.2) is 0 Å². The van der Waals surface area contributed by atoms with Gasteiger partial charge in [0.25, 0.3) is 0 Å². The molecule has 1 aliphatic carbocycles. The first-order valence-electron chi connectivity index (χ1n) is 5.92. The van der Waals surface area contributed by atoms with Gasteiger partial charge in [-0.15, -0.1) is 0 Å². The summed E-state index contributed by atoms with van der Waals surface area (Å²) < 4.78 is 0. The summed E-state index contributed by atoms with van der Waals surface area (Å²) in [5.41, 5.74) is 0. The van der Waals surface area contributed by atoms with E-state index >= 15 is 0 Å². The van der Waals surface area contributed by atoms with Crippen LogP contribution in [0.25, 0.3) is 0 Å². The minimum Gasteiger partial charge on any atom is -0.0928 e. The van der Waals surface area contributed by atoms with Crippen LogP contribution in [-0.2, 0) is 0 Å². The quantitative estimate of drug-likeness (QED) is 0.614. The lowest BCUT2D eigenvalue weighted by Crippen LogP contribution is -2.14. The van der Waals surface area contributed by atoms with Crippen LogP contribution in [0.2, 0.25) is 0 Å². The van der Waals surface area contributed by atoms with Crippen LogP contribution in [0.1, 0.15) is 58.3 Å². The van der Waals surface area contributed by atoms with Crippen molar-refractivity contribution in [1.82, 2.24) is 0 Å². The van der Waals surface area contributed by atoms with Crippen molar-refractivity contribution < 1.29 is 0 Å². The highest BCUT2D eigenvalue weighted by molar-refractivity contribution is 9.09. The second-order valence-electron chi connectivity index (χ2n) is 4.51. The molecule has 1 saturated carbocycles. The molecule has 78 valence electrons. The highest BCUT2D eigenvalue weighted by Gasteiger charge is 2.19. The summed E-state index contributed by atoms with van der Waals surface area (Å²) in [6.07, 6.45) is 11.8. The van der Waals surface area contributed by atoms with Gasteiger partial charge in [0.15, 0.2) is 0 Å². The first-order valence-corrected chi connectivity index (χ1v) is 7.05. The smallest absolute Gasteiger partial charge is 0.00314 e. The van der Waals surface area contributed by atoms with Crippen LogP contribution in [0, 0.1) is 11.8 Å². The molecule has 13 heavy (non-hydrogen) atoms. The molecule has 0 nitrogen and oxygen atoms in total. The molecule has 0 radical (unpaired) electrons. The number of rotatable bonds is 5. The zero-order chi connectivity index (χ0) is 9.52. The summed E-state index contributed by atoms with van der Waals surface area (Å²) in [6.45, 7) is 2.32. The molecule has 0 spiro atoms. The maximum absolute atomic E-state index is 3.51. The number of alkyl halides is 1. The van der Waals surface area contributed by atoms with Crippen LogP contribution < -0.4 is 0 Å². The summed E-state index contributed by atoms with van der Waals surface area (Å²) >= 11 is 3.51. The van der Waals surface area contributed by atoms with Crippen molar-refractivity contribution in [2.45, 2.75) is 58.3 Å². The highest BCUT2D eigenvalue weighted by Crippen LogP contribution is 2.33. The number of hydrogen-bond donors (Lipinski definition) is 0. The van der Waals surface area contributed by atoms with E-state index in [0.717, 1.165) is 11.8 Å². The Labute approximate surface area is 91.6 Å². The van der Waals surface area contributed by atoms with E-state index in [2.05, 4.69) is 22.9 Å². The molecule has 0 unspecified atom stereocenters. The second kappa shape index (κ2) is 6.86. The van der Waals surface area contributed by atoms with Crippen LogP contribution in [0.5, 0.6) is 0 Å². The van der Waals surface area contributed by atoms with Crippen molar-refractivity contribution in [2.24, 2.45) is 11.8 Å². The Balaban J connectivity index is 2.08. The lowest BCUT2D eigenvalue weighted by atomic mass is 9.78. The van der Waals surface area contributed by atoms with Crippen molar-refractivity contribution in [3.8, 4) is 0 Å². The molecule has 0 saturated heterocycles.